The highest BCUT2D eigenvalue weighted by Gasteiger charge is 2.04. The summed E-state index contributed by atoms with van der Waals surface area (Å²) in [6.45, 7) is 0. The predicted molar refractivity (Wildman–Crippen MR) is 64.5 cm³/mol. The first-order chi connectivity index (χ1) is 7.83. The maximum Gasteiger partial charge on any atom is 0.248 e. The van der Waals surface area contributed by atoms with Crippen LogP contribution in [0.2, 0.25) is 0 Å². The molecule has 3 rings (SSSR count). The molecule has 3 aromatic rings. The van der Waals surface area contributed by atoms with Gasteiger partial charge in [0.25, 0.3) is 0 Å². The fourth-order valence-electron chi connectivity index (χ4n) is 1.94. The highest BCUT2D eigenvalue weighted by Crippen LogP contribution is 2.15. The van der Waals surface area contributed by atoms with Crippen LogP contribution in [0, 0.1) is 0 Å². The van der Waals surface area contributed by atoms with Gasteiger partial charge in [0.2, 0.25) is 6.33 Å². The normalized spacial score (nSPS) is 10.8. The molecule has 0 aliphatic carbocycles. The Morgan fingerprint density at radius 3 is 2.56 bits per heavy atom. The Morgan fingerprint density at radius 1 is 1.00 bits per heavy atom. The topological polar surface area (TPSA) is 8.81 Å². The molecule has 0 N–H and O–H groups in total. The van der Waals surface area contributed by atoms with Crippen molar-refractivity contribution in [3.63, 3.8) is 0 Å². The van der Waals surface area contributed by atoms with Crippen molar-refractivity contribution in [2.24, 2.45) is 7.05 Å². The molecule has 0 aliphatic rings. The molecule has 16 heavy (non-hydrogen) atoms. The Kier molecular flexibility index (Phi) is 2.00. The number of imidazole rings is 1. The SMILES string of the molecule is Cn1cc[n+](-c2ccc3ccccc3c2)c1. The van der Waals surface area contributed by atoms with Crippen molar-refractivity contribution in [3.05, 3.63) is 61.2 Å². The smallest absolute Gasteiger partial charge is 0.239 e. The minimum atomic E-state index is 1.19. The van der Waals surface area contributed by atoms with Crippen molar-refractivity contribution in [1.82, 2.24) is 4.57 Å². The maximum absolute atomic E-state index is 2.20. The van der Waals surface area contributed by atoms with Gasteiger partial charge in [0.05, 0.1) is 7.05 Å². The maximum atomic E-state index is 2.20. The van der Waals surface area contributed by atoms with Gasteiger partial charge in [-0.05, 0) is 22.9 Å². The molecular weight excluding hydrogens is 196 g/mol. The first kappa shape index (κ1) is 9.16. The van der Waals surface area contributed by atoms with Crippen LogP contribution in [-0.2, 0) is 7.05 Å². The highest BCUT2D eigenvalue weighted by atomic mass is 15.1. The van der Waals surface area contributed by atoms with Crippen LogP contribution < -0.4 is 4.57 Å². The van der Waals surface area contributed by atoms with Crippen LogP contribution in [0.15, 0.2) is 61.2 Å². The second-order valence-electron chi connectivity index (χ2n) is 4.02. The third kappa shape index (κ3) is 1.48. The van der Waals surface area contributed by atoms with Crippen molar-refractivity contribution in [3.8, 4) is 5.69 Å². The van der Waals surface area contributed by atoms with Crippen LogP contribution in [0.1, 0.15) is 0 Å². The van der Waals surface area contributed by atoms with Crippen LogP contribution in [0.5, 0.6) is 0 Å². The lowest BCUT2D eigenvalue weighted by atomic mass is 10.1. The van der Waals surface area contributed by atoms with Gasteiger partial charge in [-0.15, -0.1) is 0 Å². The van der Waals surface area contributed by atoms with E-state index in [1.807, 2.05) is 17.8 Å². The average molecular weight is 209 g/mol. The summed E-state index contributed by atoms with van der Waals surface area (Å²) in [4.78, 5) is 0. The highest BCUT2D eigenvalue weighted by molar-refractivity contribution is 5.83. The number of aryl methyl sites for hydroxylation is 1. The lowest BCUT2D eigenvalue weighted by Gasteiger charge is -1.99. The van der Waals surface area contributed by atoms with Gasteiger partial charge in [-0.1, -0.05) is 30.3 Å². The van der Waals surface area contributed by atoms with E-state index in [0.717, 1.165) is 0 Å². The summed E-state index contributed by atoms with van der Waals surface area (Å²) in [7, 11) is 2.03. The molecule has 1 heterocycles. The fraction of sp³-hybridized carbons (Fsp3) is 0.0714. The molecule has 0 aliphatic heterocycles. The monoisotopic (exact) mass is 209 g/mol. The number of hydrogen-bond donors (Lipinski definition) is 0. The summed E-state index contributed by atoms with van der Waals surface area (Å²) in [5, 5.41) is 2.55. The number of hydrogen-bond acceptors (Lipinski definition) is 0. The zero-order valence-corrected chi connectivity index (χ0v) is 9.17. The Hall–Kier alpha value is -2.09. The lowest BCUT2D eigenvalue weighted by molar-refractivity contribution is -0.595. The second kappa shape index (κ2) is 3.49. The summed E-state index contributed by atoms with van der Waals surface area (Å²) in [6.07, 6.45) is 6.16. The van der Waals surface area contributed by atoms with E-state index in [1.54, 1.807) is 0 Å². The molecule has 0 saturated carbocycles. The molecule has 0 spiro atoms. The summed E-state index contributed by atoms with van der Waals surface area (Å²) >= 11 is 0. The van der Waals surface area contributed by atoms with Crippen LogP contribution >= 0.6 is 0 Å². The van der Waals surface area contributed by atoms with Crippen molar-refractivity contribution in [1.29, 1.82) is 0 Å². The van der Waals surface area contributed by atoms with E-state index in [9.17, 15) is 0 Å². The number of nitrogens with zero attached hydrogens (tertiary/aromatic N) is 2. The Labute approximate surface area is 94.4 Å². The van der Waals surface area contributed by atoms with Gasteiger partial charge in [0, 0.05) is 0 Å². The third-order valence-electron chi connectivity index (χ3n) is 2.80. The third-order valence-corrected chi connectivity index (χ3v) is 2.80. The largest absolute Gasteiger partial charge is 0.248 e. The molecule has 0 bridgehead atoms. The van der Waals surface area contributed by atoms with E-state index in [2.05, 4.69) is 59.6 Å². The Bertz CT molecular complexity index is 638. The fourth-order valence-corrected chi connectivity index (χ4v) is 1.94. The van der Waals surface area contributed by atoms with Gasteiger partial charge < -0.3 is 0 Å². The molecule has 0 atom stereocenters. The zero-order valence-electron chi connectivity index (χ0n) is 9.17. The Balaban J connectivity index is 2.18. The number of fused-ring (bicyclic) bond motifs is 1. The van der Waals surface area contributed by atoms with Crippen molar-refractivity contribution in [2.45, 2.75) is 0 Å². The van der Waals surface area contributed by atoms with Gasteiger partial charge in [0.1, 0.15) is 18.1 Å². The van der Waals surface area contributed by atoms with Crippen LogP contribution in [0.3, 0.4) is 0 Å². The molecule has 0 fully saturated rings. The molecule has 2 aromatic carbocycles. The minimum absolute atomic E-state index is 1.19. The van der Waals surface area contributed by atoms with E-state index in [4.69, 9.17) is 0 Å². The minimum Gasteiger partial charge on any atom is -0.239 e. The summed E-state index contributed by atoms with van der Waals surface area (Å²) in [5.41, 5.74) is 1.19. The quantitative estimate of drug-likeness (QED) is 0.544. The van der Waals surface area contributed by atoms with Gasteiger partial charge in [-0.2, -0.15) is 0 Å². The standard InChI is InChI=1S/C14H13N2/c1-15-8-9-16(11-15)14-7-6-12-4-2-3-5-13(12)10-14/h2-11H,1H3/q+1. The summed E-state index contributed by atoms with van der Waals surface area (Å²) in [6, 6.07) is 14.9. The molecule has 0 saturated heterocycles. The molecular formula is C14H13N2+. The first-order valence-corrected chi connectivity index (χ1v) is 5.35. The first-order valence-electron chi connectivity index (χ1n) is 5.35. The van der Waals surface area contributed by atoms with Gasteiger partial charge in [-0.25, -0.2) is 9.13 Å². The van der Waals surface area contributed by atoms with Crippen molar-refractivity contribution >= 4 is 10.8 Å². The predicted octanol–water partition coefficient (Wildman–Crippen LogP) is 2.46. The van der Waals surface area contributed by atoms with E-state index in [-0.39, 0.29) is 0 Å². The Morgan fingerprint density at radius 2 is 1.81 bits per heavy atom. The summed E-state index contributed by atoms with van der Waals surface area (Å²) < 4.78 is 4.15. The molecule has 2 nitrogen and oxygen atoms in total. The van der Waals surface area contributed by atoms with E-state index in [0.29, 0.717) is 0 Å². The van der Waals surface area contributed by atoms with E-state index >= 15 is 0 Å². The molecule has 2 heteroatoms. The molecule has 1 aromatic heterocycles. The number of rotatable bonds is 1. The van der Waals surface area contributed by atoms with Crippen molar-refractivity contribution in [2.75, 3.05) is 0 Å². The summed E-state index contributed by atoms with van der Waals surface area (Å²) in [5.74, 6) is 0. The second-order valence-corrected chi connectivity index (χ2v) is 4.02. The number of aromatic nitrogens is 2. The van der Waals surface area contributed by atoms with E-state index in [1.165, 1.54) is 16.5 Å². The molecule has 0 radical (unpaired) electrons. The molecule has 0 amide bonds. The van der Waals surface area contributed by atoms with Crippen LogP contribution in [0.4, 0.5) is 0 Å². The lowest BCUT2D eigenvalue weighted by Crippen LogP contribution is -2.27. The van der Waals surface area contributed by atoms with Crippen LogP contribution in [-0.4, -0.2) is 4.57 Å². The van der Waals surface area contributed by atoms with Crippen molar-refractivity contribution < 1.29 is 4.57 Å². The van der Waals surface area contributed by atoms with Gasteiger partial charge in [-0.3, -0.25) is 0 Å². The molecule has 0 unspecified atom stereocenters. The van der Waals surface area contributed by atoms with Crippen LogP contribution in [0.25, 0.3) is 16.5 Å². The van der Waals surface area contributed by atoms with Gasteiger partial charge in [0.15, 0.2) is 0 Å². The molecule has 78 valence electrons. The van der Waals surface area contributed by atoms with E-state index < -0.39 is 0 Å². The average Bonchev–Trinajstić information content (AvgIpc) is 2.75. The van der Waals surface area contributed by atoms with Gasteiger partial charge >= 0.3 is 0 Å². The number of benzene rings is 2. The zero-order chi connectivity index (χ0) is 11.0.